The van der Waals surface area contributed by atoms with Crippen LogP contribution in [0.4, 0.5) is 24.5 Å². The molecule has 1 amide bonds. The number of nitrogens with zero attached hydrogens (tertiary/aromatic N) is 6. The number of morpholine rings is 2. The van der Waals surface area contributed by atoms with Crippen molar-refractivity contribution in [2.45, 2.75) is 44.9 Å². The zero-order chi connectivity index (χ0) is 32.5. The van der Waals surface area contributed by atoms with Crippen molar-refractivity contribution in [2.24, 2.45) is 11.0 Å². The fourth-order valence-electron chi connectivity index (χ4n) is 7.06. The molecule has 4 aliphatic rings. The Bertz CT molecular complexity index is 1640. The maximum atomic E-state index is 13.9. The van der Waals surface area contributed by atoms with Crippen LogP contribution in [0.2, 0.25) is 0 Å². The molecule has 0 spiro atoms. The number of allylic oxidation sites excluding steroid dienone is 1. The van der Waals surface area contributed by atoms with Crippen LogP contribution in [0.25, 0.3) is 6.08 Å². The van der Waals surface area contributed by atoms with Gasteiger partial charge in [0.25, 0.3) is 5.91 Å². The highest BCUT2D eigenvalue weighted by Gasteiger charge is 2.44. The van der Waals surface area contributed by atoms with Crippen molar-refractivity contribution in [1.29, 1.82) is 0 Å². The summed E-state index contributed by atoms with van der Waals surface area (Å²) < 4.78 is 52.3. The molecule has 12 heteroatoms. The minimum absolute atomic E-state index is 0.0368. The van der Waals surface area contributed by atoms with Gasteiger partial charge in [0.2, 0.25) is 0 Å². The molecule has 0 bridgehead atoms. The number of ether oxygens (including phenoxy) is 2. The van der Waals surface area contributed by atoms with Gasteiger partial charge in [-0.05, 0) is 79.3 Å². The van der Waals surface area contributed by atoms with Crippen molar-refractivity contribution in [3.05, 3.63) is 82.7 Å². The number of carbonyl (C=O) groups is 1. The first-order valence-corrected chi connectivity index (χ1v) is 16.3. The molecule has 1 saturated carbocycles. The first-order chi connectivity index (χ1) is 22.7. The van der Waals surface area contributed by atoms with Crippen molar-refractivity contribution in [2.75, 3.05) is 62.4 Å². The lowest BCUT2D eigenvalue weighted by Crippen LogP contribution is -2.36. The molecule has 3 aliphatic heterocycles. The highest BCUT2D eigenvalue weighted by Crippen LogP contribution is 2.45. The lowest BCUT2D eigenvalue weighted by molar-refractivity contribution is -0.142. The summed E-state index contributed by atoms with van der Waals surface area (Å²) in [6.07, 6.45) is 0.197. The maximum Gasteiger partial charge on any atom is 0.435 e. The summed E-state index contributed by atoms with van der Waals surface area (Å²) >= 11 is 0. The summed E-state index contributed by atoms with van der Waals surface area (Å²) in [6, 6.07) is 17.3. The highest BCUT2D eigenvalue weighted by molar-refractivity contribution is 6.08. The van der Waals surface area contributed by atoms with E-state index in [9.17, 15) is 18.0 Å². The van der Waals surface area contributed by atoms with E-state index in [1.54, 1.807) is 0 Å². The summed E-state index contributed by atoms with van der Waals surface area (Å²) in [6.45, 7) is 7.36. The van der Waals surface area contributed by atoms with Crippen LogP contribution in [0.5, 0.6) is 0 Å². The number of benzene rings is 2. The largest absolute Gasteiger partial charge is 0.435 e. The molecule has 2 atom stereocenters. The fraction of sp³-hybridized carbons (Fsp3) is 0.457. The number of hydrazone groups is 1. The zero-order valence-electron chi connectivity index (χ0n) is 26.5. The van der Waals surface area contributed by atoms with Gasteiger partial charge in [-0.2, -0.15) is 23.4 Å². The first-order valence-electron chi connectivity index (χ1n) is 16.3. The Labute approximate surface area is 272 Å². The van der Waals surface area contributed by atoms with Gasteiger partial charge in [0.15, 0.2) is 5.69 Å². The molecular formula is C35H39F3N6O3. The van der Waals surface area contributed by atoms with E-state index in [0.29, 0.717) is 13.2 Å². The van der Waals surface area contributed by atoms with E-state index in [1.165, 1.54) is 11.9 Å². The number of hydrogen-bond acceptors (Lipinski definition) is 7. The number of aromatic nitrogens is 2. The number of halogens is 3. The normalized spacial score (nSPS) is 22.9. The van der Waals surface area contributed by atoms with Crippen LogP contribution in [-0.2, 0) is 27.0 Å². The molecule has 0 unspecified atom stereocenters. The number of rotatable bonds is 6. The van der Waals surface area contributed by atoms with Crippen molar-refractivity contribution in [3.8, 4) is 0 Å². The molecule has 47 heavy (non-hydrogen) atoms. The Morgan fingerprint density at radius 2 is 1.51 bits per heavy atom. The maximum absolute atomic E-state index is 13.9. The number of anilines is 2. The third-order valence-corrected chi connectivity index (χ3v) is 9.53. The summed E-state index contributed by atoms with van der Waals surface area (Å²) in [7, 11) is 0. The second kappa shape index (κ2) is 13.2. The summed E-state index contributed by atoms with van der Waals surface area (Å²) in [5.41, 5.74) is 5.47. The van der Waals surface area contributed by atoms with Gasteiger partial charge < -0.3 is 19.3 Å². The average molecular weight is 649 g/mol. The number of fused-ring (bicyclic) bond motifs is 1. The van der Waals surface area contributed by atoms with Crippen molar-refractivity contribution < 1.29 is 27.4 Å². The molecule has 248 valence electrons. The van der Waals surface area contributed by atoms with E-state index in [0.717, 1.165) is 103 Å². The van der Waals surface area contributed by atoms with Crippen LogP contribution >= 0.6 is 0 Å². The predicted octanol–water partition coefficient (Wildman–Crippen LogP) is 5.71. The molecule has 7 rings (SSSR count). The lowest BCUT2D eigenvalue weighted by atomic mass is 9.77. The molecule has 4 heterocycles. The van der Waals surface area contributed by atoms with Crippen LogP contribution in [0.3, 0.4) is 0 Å². The first kappa shape index (κ1) is 31.4. The Morgan fingerprint density at radius 3 is 2.09 bits per heavy atom. The molecule has 3 fully saturated rings. The SMILES string of the molecule is Cc1cc(C(F)(F)F)nn1CC(=O)N1N=C2/C(=C\c3ccc(N4CCOCC4)cc3)CCC[C@@H]2[C@@H]1c1ccc(N2CCOCC2)cc1. The van der Waals surface area contributed by atoms with Gasteiger partial charge in [-0.25, -0.2) is 5.01 Å². The van der Waals surface area contributed by atoms with Gasteiger partial charge in [0.1, 0.15) is 6.54 Å². The van der Waals surface area contributed by atoms with Crippen molar-refractivity contribution in [3.63, 3.8) is 0 Å². The molecule has 2 aromatic carbocycles. The Morgan fingerprint density at radius 1 is 0.915 bits per heavy atom. The Balaban J connectivity index is 1.19. The lowest BCUT2D eigenvalue weighted by Gasteiger charge is -2.31. The van der Waals surface area contributed by atoms with Gasteiger partial charge in [0.05, 0.1) is 38.2 Å². The molecule has 0 radical (unpaired) electrons. The van der Waals surface area contributed by atoms with E-state index in [-0.39, 0.29) is 24.2 Å². The van der Waals surface area contributed by atoms with Gasteiger partial charge in [-0.15, -0.1) is 0 Å². The molecule has 9 nitrogen and oxygen atoms in total. The van der Waals surface area contributed by atoms with Crippen LogP contribution in [0.15, 0.2) is 65.3 Å². The second-order valence-electron chi connectivity index (χ2n) is 12.5. The van der Waals surface area contributed by atoms with Gasteiger partial charge in [0, 0.05) is 49.2 Å². The number of alkyl halides is 3. The molecule has 3 aromatic rings. The topological polar surface area (TPSA) is 75.4 Å². The third kappa shape index (κ3) is 6.66. The monoisotopic (exact) mass is 648 g/mol. The third-order valence-electron chi connectivity index (χ3n) is 9.53. The summed E-state index contributed by atoms with van der Waals surface area (Å²) in [5, 5.41) is 10.2. The molecule has 1 aliphatic carbocycles. The number of carbonyl (C=O) groups excluding carboxylic acids is 1. The van der Waals surface area contributed by atoms with Crippen LogP contribution in [0, 0.1) is 12.8 Å². The van der Waals surface area contributed by atoms with Crippen LogP contribution in [-0.4, -0.2) is 79.0 Å². The van der Waals surface area contributed by atoms with Crippen LogP contribution in [0.1, 0.15) is 47.8 Å². The van der Waals surface area contributed by atoms with Crippen molar-refractivity contribution in [1.82, 2.24) is 14.8 Å². The Kier molecular flexibility index (Phi) is 8.80. The van der Waals surface area contributed by atoms with E-state index in [4.69, 9.17) is 14.6 Å². The summed E-state index contributed by atoms with van der Waals surface area (Å²) in [5.74, 6) is -0.437. The average Bonchev–Trinajstić information content (AvgIpc) is 3.67. The smallest absolute Gasteiger partial charge is 0.378 e. The van der Waals surface area contributed by atoms with Gasteiger partial charge in [-0.1, -0.05) is 24.3 Å². The zero-order valence-corrected chi connectivity index (χ0v) is 26.5. The predicted molar refractivity (Wildman–Crippen MR) is 173 cm³/mol. The minimum Gasteiger partial charge on any atom is -0.378 e. The number of hydrogen-bond donors (Lipinski definition) is 0. The fourth-order valence-corrected chi connectivity index (χ4v) is 7.06. The second-order valence-corrected chi connectivity index (χ2v) is 12.5. The van der Waals surface area contributed by atoms with E-state index in [1.807, 2.05) is 0 Å². The molecular weight excluding hydrogens is 609 g/mol. The van der Waals surface area contributed by atoms with E-state index >= 15 is 0 Å². The van der Waals surface area contributed by atoms with Crippen LogP contribution < -0.4 is 9.80 Å². The van der Waals surface area contributed by atoms with E-state index < -0.39 is 17.8 Å². The molecule has 0 N–H and O–H groups in total. The Hall–Kier alpha value is -4.16. The van der Waals surface area contributed by atoms with Gasteiger partial charge in [-0.3, -0.25) is 9.48 Å². The number of aryl methyl sites for hydroxylation is 1. The van der Waals surface area contributed by atoms with E-state index in [2.05, 4.69) is 69.5 Å². The summed E-state index contributed by atoms with van der Waals surface area (Å²) in [4.78, 5) is 18.5. The molecule has 1 aromatic heterocycles. The van der Waals surface area contributed by atoms with Crippen molar-refractivity contribution >= 4 is 29.1 Å². The minimum atomic E-state index is -4.59. The standard InChI is InChI=1S/C35H39F3N6O3/c1-24-21-31(35(36,37)38)39-43(24)23-32(45)44-34(26-7-11-29(12-8-26)42-15-19-47-20-16-42)30-4-2-3-27(33(30)40-44)22-25-5-9-28(10-6-25)41-13-17-46-18-14-41/h5-12,21-22,30,34H,2-4,13-20,23H2,1H3/b27-22-/t30-,34-/m0/s1. The molecule has 2 saturated heterocycles. The highest BCUT2D eigenvalue weighted by atomic mass is 19.4. The quantitative estimate of drug-likeness (QED) is 0.341. The number of amides is 1. The van der Waals surface area contributed by atoms with Gasteiger partial charge >= 0.3 is 6.18 Å².